The lowest BCUT2D eigenvalue weighted by Gasteiger charge is -2.22. The van der Waals surface area contributed by atoms with Gasteiger partial charge in [0.25, 0.3) is 0 Å². The quantitative estimate of drug-likeness (QED) is 0.550. The molecule has 0 saturated carbocycles. The van der Waals surface area contributed by atoms with Crippen molar-refractivity contribution in [1.82, 2.24) is 0 Å². The summed E-state index contributed by atoms with van der Waals surface area (Å²) in [5, 5.41) is -0.251. The second kappa shape index (κ2) is 6.78. The third kappa shape index (κ3) is 3.71. The van der Waals surface area contributed by atoms with Crippen LogP contribution in [0.3, 0.4) is 0 Å². The van der Waals surface area contributed by atoms with Crippen molar-refractivity contribution < 1.29 is 23.1 Å². The number of thioether (sulfide) groups is 1. The molecule has 100 valence electrons. The van der Waals surface area contributed by atoms with Gasteiger partial charge in [-0.25, -0.2) is 0 Å². The summed E-state index contributed by atoms with van der Waals surface area (Å²) >= 11 is 1.45. The van der Waals surface area contributed by atoms with Crippen LogP contribution in [-0.2, 0) is 23.1 Å². The molecule has 0 aromatic carbocycles. The first kappa shape index (κ1) is 15.0. The van der Waals surface area contributed by atoms with E-state index >= 15 is 0 Å². The van der Waals surface area contributed by atoms with Gasteiger partial charge in [-0.1, -0.05) is 0 Å². The van der Waals surface area contributed by atoms with Gasteiger partial charge >= 0.3 is 13.6 Å². The predicted molar refractivity (Wildman–Crippen MR) is 67.5 cm³/mol. The Morgan fingerprint density at radius 2 is 1.94 bits per heavy atom. The first-order valence-electron chi connectivity index (χ1n) is 5.65. The van der Waals surface area contributed by atoms with E-state index in [1.54, 1.807) is 13.8 Å². The van der Waals surface area contributed by atoms with Gasteiger partial charge in [-0.05, 0) is 20.3 Å². The fraction of sp³-hybridized carbons (Fsp3) is 0.900. The molecule has 2 atom stereocenters. The molecule has 0 spiro atoms. The van der Waals surface area contributed by atoms with Gasteiger partial charge in [-0.2, -0.15) is 0 Å². The SMILES string of the molecule is CCOP(=O)(OCC)[C@@H]1CS[C@@H](C(=O)OC)C1. The number of methoxy groups -OCH3 is 1. The Labute approximate surface area is 106 Å². The maximum atomic E-state index is 12.5. The minimum Gasteiger partial charge on any atom is -0.468 e. The van der Waals surface area contributed by atoms with E-state index in [9.17, 15) is 9.36 Å². The maximum Gasteiger partial charge on any atom is 0.334 e. The van der Waals surface area contributed by atoms with Crippen LogP contribution >= 0.6 is 19.4 Å². The zero-order valence-corrected chi connectivity index (χ0v) is 12.1. The summed E-state index contributed by atoms with van der Waals surface area (Å²) < 4.78 is 27.7. The molecule has 5 nitrogen and oxygen atoms in total. The van der Waals surface area contributed by atoms with E-state index in [0.717, 1.165) is 0 Å². The van der Waals surface area contributed by atoms with Crippen molar-refractivity contribution in [3.05, 3.63) is 0 Å². The Morgan fingerprint density at radius 3 is 2.41 bits per heavy atom. The van der Waals surface area contributed by atoms with E-state index in [0.29, 0.717) is 25.4 Å². The van der Waals surface area contributed by atoms with E-state index in [1.165, 1.54) is 18.9 Å². The highest BCUT2D eigenvalue weighted by atomic mass is 32.2. The topological polar surface area (TPSA) is 61.8 Å². The fourth-order valence-corrected chi connectivity index (χ4v) is 5.74. The third-order valence-electron chi connectivity index (χ3n) is 2.51. The molecule has 1 aliphatic rings. The molecule has 0 unspecified atom stereocenters. The van der Waals surface area contributed by atoms with Crippen LogP contribution < -0.4 is 0 Å². The van der Waals surface area contributed by atoms with Gasteiger partial charge in [0.15, 0.2) is 0 Å². The summed E-state index contributed by atoms with van der Waals surface area (Å²) in [4.78, 5) is 11.4. The highest BCUT2D eigenvalue weighted by Gasteiger charge is 2.43. The molecule has 1 fully saturated rings. The van der Waals surface area contributed by atoms with Crippen molar-refractivity contribution in [2.45, 2.75) is 31.2 Å². The van der Waals surface area contributed by atoms with Crippen molar-refractivity contribution in [3.8, 4) is 0 Å². The number of hydrogen-bond acceptors (Lipinski definition) is 6. The zero-order valence-electron chi connectivity index (χ0n) is 10.4. The van der Waals surface area contributed by atoms with E-state index in [4.69, 9.17) is 9.05 Å². The summed E-state index contributed by atoms with van der Waals surface area (Å²) in [5.74, 6) is 0.342. The number of carbonyl (C=O) groups is 1. The monoisotopic (exact) mass is 282 g/mol. The van der Waals surface area contributed by atoms with Crippen LogP contribution in [-0.4, -0.2) is 43.0 Å². The van der Waals surface area contributed by atoms with Gasteiger partial charge in [-0.3, -0.25) is 9.36 Å². The summed E-state index contributed by atoms with van der Waals surface area (Å²) in [6, 6.07) is 0. The van der Waals surface area contributed by atoms with Gasteiger partial charge in [0.05, 0.1) is 26.0 Å². The first-order valence-corrected chi connectivity index (χ1v) is 8.31. The average molecular weight is 282 g/mol. The Bertz CT molecular complexity index is 299. The van der Waals surface area contributed by atoms with Crippen LogP contribution in [0.2, 0.25) is 0 Å². The zero-order chi connectivity index (χ0) is 12.9. The summed E-state index contributed by atoms with van der Waals surface area (Å²) in [7, 11) is -1.72. The van der Waals surface area contributed by atoms with Gasteiger partial charge in [-0.15, -0.1) is 11.8 Å². The van der Waals surface area contributed by atoms with Crippen LogP contribution in [0.25, 0.3) is 0 Å². The summed E-state index contributed by atoms with van der Waals surface area (Å²) in [5.41, 5.74) is -0.212. The molecule has 0 radical (unpaired) electrons. The molecule has 1 saturated heterocycles. The fourth-order valence-electron chi connectivity index (χ4n) is 1.73. The lowest BCUT2D eigenvalue weighted by molar-refractivity contribution is -0.139. The molecule has 0 aromatic heterocycles. The van der Waals surface area contributed by atoms with Gasteiger partial charge in [0.2, 0.25) is 0 Å². The van der Waals surface area contributed by atoms with E-state index < -0.39 is 7.60 Å². The highest BCUT2D eigenvalue weighted by Crippen LogP contribution is 2.58. The Balaban J connectivity index is 2.66. The predicted octanol–water partition coefficient (Wildman–Crippen LogP) is 2.30. The van der Waals surface area contributed by atoms with Gasteiger partial charge in [0.1, 0.15) is 5.25 Å². The second-order valence-corrected chi connectivity index (χ2v) is 7.17. The van der Waals surface area contributed by atoms with Gasteiger partial charge in [0, 0.05) is 5.75 Å². The minimum absolute atomic E-state index is 0.212. The van der Waals surface area contributed by atoms with E-state index in [-0.39, 0.29) is 16.9 Å². The molecule has 1 rings (SSSR count). The molecule has 17 heavy (non-hydrogen) atoms. The van der Waals surface area contributed by atoms with Crippen molar-refractivity contribution in [3.63, 3.8) is 0 Å². The lowest BCUT2D eigenvalue weighted by Crippen LogP contribution is -2.19. The van der Waals surface area contributed by atoms with Crippen LogP contribution in [0, 0.1) is 0 Å². The average Bonchev–Trinajstić information content (AvgIpc) is 2.78. The molecule has 1 heterocycles. The number of carbonyl (C=O) groups excluding carboxylic acids is 1. The van der Waals surface area contributed by atoms with Crippen molar-refractivity contribution in [2.75, 3.05) is 26.1 Å². The summed E-state index contributed by atoms with van der Waals surface area (Å²) in [6.45, 7) is 4.26. The van der Waals surface area contributed by atoms with Gasteiger partial charge < -0.3 is 13.8 Å². The molecular weight excluding hydrogens is 263 g/mol. The maximum absolute atomic E-state index is 12.5. The van der Waals surface area contributed by atoms with Crippen LogP contribution in [0.5, 0.6) is 0 Å². The number of esters is 1. The molecule has 7 heteroatoms. The normalized spacial score (nSPS) is 24.9. The molecule has 0 aliphatic carbocycles. The smallest absolute Gasteiger partial charge is 0.334 e. The lowest BCUT2D eigenvalue weighted by atomic mass is 10.2. The van der Waals surface area contributed by atoms with Crippen molar-refractivity contribution in [1.29, 1.82) is 0 Å². The number of rotatable bonds is 6. The molecular formula is C10H19O5PS. The second-order valence-electron chi connectivity index (χ2n) is 3.61. The Morgan fingerprint density at radius 1 is 1.35 bits per heavy atom. The Hall–Kier alpha value is -0.0300. The van der Waals surface area contributed by atoms with Crippen molar-refractivity contribution in [2.24, 2.45) is 0 Å². The summed E-state index contributed by atoms with van der Waals surface area (Å²) in [6.07, 6.45) is 0.495. The third-order valence-corrected chi connectivity index (χ3v) is 6.66. The van der Waals surface area contributed by atoms with Crippen molar-refractivity contribution >= 4 is 25.3 Å². The first-order chi connectivity index (χ1) is 8.07. The molecule has 0 amide bonds. The largest absolute Gasteiger partial charge is 0.468 e. The number of hydrogen-bond donors (Lipinski definition) is 0. The van der Waals surface area contributed by atoms with Crippen LogP contribution in [0.1, 0.15) is 20.3 Å². The minimum atomic E-state index is -3.08. The van der Waals surface area contributed by atoms with Crippen LogP contribution in [0.4, 0.5) is 0 Å². The number of ether oxygens (including phenoxy) is 1. The highest BCUT2D eigenvalue weighted by molar-refractivity contribution is 8.01. The van der Waals surface area contributed by atoms with E-state index in [2.05, 4.69) is 4.74 Å². The van der Waals surface area contributed by atoms with E-state index in [1.807, 2.05) is 0 Å². The standard InChI is InChI=1S/C10H19O5PS/c1-4-14-16(12,15-5-2)8-6-9(17-7-8)10(11)13-3/h8-9H,4-7H2,1-3H3/t8-,9+/m0/s1. The van der Waals surface area contributed by atoms with Crippen LogP contribution in [0.15, 0.2) is 0 Å². The molecule has 1 aliphatic heterocycles. The molecule has 0 aromatic rings. The molecule has 0 N–H and O–H groups in total. The molecule has 0 bridgehead atoms. The Kier molecular flexibility index (Phi) is 6.00.